The zero-order valence-corrected chi connectivity index (χ0v) is 37.8. The summed E-state index contributed by atoms with van der Waals surface area (Å²) in [6.07, 6.45) is 39.5. The summed E-state index contributed by atoms with van der Waals surface area (Å²) in [5, 5.41) is 54.4. The molecule has 0 aromatic heterocycles. The lowest BCUT2D eigenvalue weighted by molar-refractivity contribution is -0.302. The Hall–Kier alpha value is -1.07. The Kier molecular flexibility index (Phi) is 37.9. The van der Waals surface area contributed by atoms with Gasteiger partial charge in [0.2, 0.25) is 5.91 Å². The van der Waals surface area contributed by atoms with Crippen molar-refractivity contribution in [1.29, 1.82) is 0 Å². The first-order valence-corrected chi connectivity index (χ1v) is 24.9. The van der Waals surface area contributed by atoms with E-state index >= 15 is 0 Å². The number of carbonyl (C=O) groups is 1. The molecule has 0 saturated carbocycles. The molecular formula is C49H95NO8. The third-order valence-electron chi connectivity index (χ3n) is 12.1. The standard InChI is InChI=1S/C49H95NO8/c1-3-5-7-9-11-13-15-16-17-18-19-20-21-22-23-24-25-26-27-29-30-32-34-36-38-43(52)42(41-57-49-48(56)47(55)46(54)44(40-51)58-49)50-45(53)39-37-35-33-31-28-14-12-10-8-6-4-2/h10,12,42-44,46-49,51-52,54-56H,3-9,11,13-41H2,1-2H3,(H,50,53)/b12-10-. The molecule has 7 unspecified atom stereocenters. The molecule has 1 heterocycles. The van der Waals surface area contributed by atoms with E-state index in [1.807, 2.05) is 0 Å². The van der Waals surface area contributed by atoms with E-state index in [1.54, 1.807) is 0 Å². The minimum absolute atomic E-state index is 0.138. The van der Waals surface area contributed by atoms with E-state index in [0.29, 0.717) is 12.8 Å². The van der Waals surface area contributed by atoms with Crippen molar-refractivity contribution in [2.45, 2.75) is 281 Å². The maximum atomic E-state index is 12.9. The van der Waals surface area contributed by atoms with Gasteiger partial charge in [-0.25, -0.2) is 0 Å². The van der Waals surface area contributed by atoms with Crippen LogP contribution in [0.4, 0.5) is 0 Å². The van der Waals surface area contributed by atoms with Crippen LogP contribution < -0.4 is 5.32 Å². The van der Waals surface area contributed by atoms with Crippen molar-refractivity contribution in [2.75, 3.05) is 13.2 Å². The molecule has 0 bridgehead atoms. The summed E-state index contributed by atoms with van der Waals surface area (Å²) in [6.45, 7) is 3.80. The molecular weight excluding hydrogens is 731 g/mol. The minimum Gasteiger partial charge on any atom is -0.394 e. The molecule has 1 saturated heterocycles. The fraction of sp³-hybridized carbons (Fsp3) is 0.939. The van der Waals surface area contributed by atoms with Crippen molar-refractivity contribution in [2.24, 2.45) is 0 Å². The van der Waals surface area contributed by atoms with E-state index in [2.05, 4.69) is 31.3 Å². The SMILES string of the molecule is CCCC/C=C\CCCCCCCC(=O)NC(COC1OC(CO)C(O)C(O)C1O)C(O)CCCCCCCCCCCCCCCCCCCCCCCCCC. The molecule has 0 spiro atoms. The third-order valence-corrected chi connectivity index (χ3v) is 12.1. The molecule has 1 rings (SSSR count). The molecule has 1 aliphatic heterocycles. The van der Waals surface area contributed by atoms with Crippen molar-refractivity contribution in [3.8, 4) is 0 Å². The summed E-state index contributed by atoms with van der Waals surface area (Å²) in [6, 6.07) is -0.719. The van der Waals surface area contributed by atoms with Crippen LogP contribution in [0.2, 0.25) is 0 Å². The summed E-state index contributed by atoms with van der Waals surface area (Å²) in [5.41, 5.74) is 0. The highest BCUT2D eigenvalue weighted by atomic mass is 16.7. The Labute approximate surface area is 356 Å². The summed E-state index contributed by atoms with van der Waals surface area (Å²) in [5.74, 6) is -0.153. The van der Waals surface area contributed by atoms with Gasteiger partial charge in [-0.15, -0.1) is 0 Å². The molecule has 1 fully saturated rings. The second-order valence-corrected chi connectivity index (χ2v) is 17.6. The molecule has 1 amide bonds. The Morgan fingerprint density at radius 1 is 0.569 bits per heavy atom. The van der Waals surface area contributed by atoms with Crippen molar-refractivity contribution >= 4 is 5.91 Å². The van der Waals surface area contributed by atoms with Crippen LogP contribution in [-0.2, 0) is 14.3 Å². The van der Waals surface area contributed by atoms with Gasteiger partial charge in [0.15, 0.2) is 6.29 Å². The number of amides is 1. The quantitative estimate of drug-likeness (QED) is 0.0263. The number of hydrogen-bond acceptors (Lipinski definition) is 8. The smallest absolute Gasteiger partial charge is 0.220 e. The largest absolute Gasteiger partial charge is 0.394 e. The molecule has 0 radical (unpaired) electrons. The van der Waals surface area contributed by atoms with Gasteiger partial charge in [-0.3, -0.25) is 4.79 Å². The summed E-state index contributed by atoms with van der Waals surface area (Å²) in [4.78, 5) is 12.9. The Balaban J connectivity index is 2.21. The molecule has 0 aromatic carbocycles. The van der Waals surface area contributed by atoms with Gasteiger partial charge >= 0.3 is 0 Å². The van der Waals surface area contributed by atoms with Crippen LogP contribution in [-0.4, -0.2) is 87.5 Å². The first-order valence-electron chi connectivity index (χ1n) is 24.9. The van der Waals surface area contributed by atoms with Gasteiger partial charge in [-0.1, -0.05) is 212 Å². The Morgan fingerprint density at radius 2 is 0.983 bits per heavy atom. The zero-order chi connectivity index (χ0) is 42.3. The average molecular weight is 826 g/mol. The lowest BCUT2D eigenvalue weighted by Gasteiger charge is -2.40. The Bertz CT molecular complexity index is 919. The van der Waals surface area contributed by atoms with Crippen LogP contribution in [0.1, 0.15) is 239 Å². The van der Waals surface area contributed by atoms with Gasteiger partial charge in [0.25, 0.3) is 0 Å². The molecule has 7 atom stereocenters. The number of nitrogens with one attached hydrogen (secondary N) is 1. The number of aliphatic hydroxyl groups excluding tert-OH is 5. The Morgan fingerprint density at radius 3 is 1.45 bits per heavy atom. The highest BCUT2D eigenvalue weighted by Crippen LogP contribution is 2.23. The molecule has 344 valence electrons. The maximum Gasteiger partial charge on any atom is 0.220 e. The fourth-order valence-electron chi connectivity index (χ4n) is 8.08. The maximum absolute atomic E-state index is 12.9. The normalized spacial score (nSPS) is 20.8. The second kappa shape index (κ2) is 40.0. The molecule has 0 aliphatic carbocycles. The topological polar surface area (TPSA) is 149 Å². The number of allylic oxidation sites excluding steroid dienone is 2. The number of rotatable bonds is 42. The number of hydrogen-bond donors (Lipinski definition) is 6. The molecule has 9 nitrogen and oxygen atoms in total. The third kappa shape index (κ3) is 30.0. The molecule has 9 heteroatoms. The van der Waals surface area contributed by atoms with Crippen molar-refractivity contribution in [1.82, 2.24) is 5.32 Å². The van der Waals surface area contributed by atoms with E-state index in [1.165, 1.54) is 148 Å². The summed E-state index contributed by atoms with van der Waals surface area (Å²) in [7, 11) is 0. The van der Waals surface area contributed by atoms with Gasteiger partial charge < -0.3 is 40.3 Å². The van der Waals surface area contributed by atoms with Gasteiger partial charge in [0.1, 0.15) is 24.4 Å². The monoisotopic (exact) mass is 826 g/mol. The second-order valence-electron chi connectivity index (χ2n) is 17.6. The minimum atomic E-state index is -1.55. The predicted molar refractivity (Wildman–Crippen MR) is 240 cm³/mol. The van der Waals surface area contributed by atoms with E-state index in [4.69, 9.17) is 9.47 Å². The lowest BCUT2D eigenvalue weighted by atomic mass is 9.99. The van der Waals surface area contributed by atoms with Crippen LogP contribution >= 0.6 is 0 Å². The van der Waals surface area contributed by atoms with Crippen LogP contribution in [0, 0.1) is 0 Å². The zero-order valence-electron chi connectivity index (χ0n) is 37.8. The predicted octanol–water partition coefficient (Wildman–Crippen LogP) is 10.9. The van der Waals surface area contributed by atoms with Gasteiger partial charge in [-0.05, 0) is 32.1 Å². The highest BCUT2D eigenvalue weighted by molar-refractivity contribution is 5.76. The van der Waals surface area contributed by atoms with E-state index in [-0.39, 0.29) is 12.5 Å². The van der Waals surface area contributed by atoms with Crippen LogP contribution in [0.5, 0.6) is 0 Å². The average Bonchev–Trinajstić information content (AvgIpc) is 3.22. The van der Waals surface area contributed by atoms with Crippen molar-refractivity contribution < 1.29 is 39.8 Å². The lowest BCUT2D eigenvalue weighted by Crippen LogP contribution is -2.60. The van der Waals surface area contributed by atoms with Crippen molar-refractivity contribution in [3.05, 3.63) is 12.2 Å². The van der Waals surface area contributed by atoms with Gasteiger partial charge in [0, 0.05) is 6.42 Å². The summed E-state index contributed by atoms with van der Waals surface area (Å²) >= 11 is 0. The fourth-order valence-corrected chi connectivity index (χ4v) is 8.08. The van der Waals surface area contributed by atoms with E-state index in [0.717, 1.165) is 64.2 Å². The molecule has 58 heavy (non-hydrogen) atoms. The van der Waals surface area contributed by atoms with Crippen molar-refractivity contribution in [3.63, 3.8) is 0 Å². The first kappa shape index (κ1) is 54.9. The van der Waals surface area contributed by atoms with E-state index in [9.17, 15) is 30.3 Å². The van der Waals surface area contributed by atoms with Gasteiger partial charge in [-0.2, -0.15) is 0 Å². The van der Waals surface area contributed by atoms with Crippen LogP contribution in [0.25, 0.3) is 0 Å². The number of carbonyl (C=O) groups excluding carboxylic acids is 1. The van der Waals surface area contributed by atoms with Crippen LogP contribution in [0.15, 0.2) is 12.2 Å². The molecule has 6 N–H and O–H groups in total. The van der Waals surface area contributed by atoms with Gasteiger partial charge in [0.05, 0.1) is 25.4 Å². The highest BCUT2D eigenvalue weighted by Gasteiger charge is 2.44. The first-order chi connectivity index (χ1) is 28.3. The number of ether oxygens (including phenoxy) is 2. The molecule has 1 aliphatic rings. The molecule has 0 aromatic rings. The van der Waals surface area contributed by atoms with Crippen LogP contribution in [0.3, 0.4) is 0 Å². The van der Waals surface area contributed by atoms with E-state index < -0.39 is 49.5 Å². The number of aliphatic hydroxyl groups is 5. The summed E-state index contributed by atoms with van der Waals surface area (Å²) < 4.78 is 11.3. The number of unbranched alkanes of at least 4 members (excludes halogenated alkanes) is 30.